The summed E-state index contributed by atoms with van der Waals surface area (Å²) in [5.41, 5.74) is 13.3. The Bertz CT molecular complexity index is 296. The number of ether oxygens (including phenoxy) is 2. The average Bonchev–Trinajstić information content (AvgIpc) is 2.04. The Labute approximate surface area is 77.4 Å². The van der Waals surface area contributed by atoms with Gasteiger partial charge in [0.25, 0.3) is 0 Å². The first-order chi connectivity index (χ1) is 6.11. The highest BCUT2D eigenvalue weighted by atomic mass is 16.5. The summed E-state index contributed by atoms with van der Waals surface area (Å²) in [4.78, 5) is 0. The molecule has 4 nitrogen and oxygen atoms in total. The summed E-state index contributed by atoms with van der Waals surface area (Å²) in [6.07, 6.45) is 0. The number of methoxy groups -OCH3 is 2. The molecule has 13 heavy (non-hydrogen) atoms. The van der Waals surface area contributed by atoms with Crippen LogP contribution >= 0.6 is 0 Å². The molecule has 4 heteroatoms. The highest BCUT2D eigenvalue weighted by Gasteiger charge is 2.12. The van der Waals surface area contributed by atoms with Gasteiger partial charge in [-0.1, -0.05) is 0 Å². The van der Waals surface area contributed by atoms with Crippen LogP contribution in [0.2, 0.25) is 0 Å². The van der Waals surface area contributed by atoms with Crippen LogP contribution in [-0.2, 0) is 0 Å². The maximum absolute atomic E-state index is 5.70. The van der Waals surface area contributed by atoms with E-state index in [1.165, 1.54) is 0 Å². The molecule has 0 fully saturated rings. The monoisotopic (exact) mass is 182 g/mol. The molecule has 0 saturated carbocycles. The molecule has 1 rings (SSSR count). The van der Waals surface area contributed by atoms with E-state index in [1.807, 2.05) is 6.92 Å². The van der Waals surface area contributed by atoms with Crippen molar-refractivity contribution in [2.45, 2.75) is 6.92 Å². The van der Waals surface area contributed by atoms with Gasteiger partial charge in [-0.05, 0) is 13.0 Å². The van der Waals surface area contributed by atoms with Crippen molar-refractivity contribution < 1.29 is 9.47 Å². The summed E-state index contributed by atoms with van der Waals surface area (Å²) in [5, 5.41) is 0. The van der Waals surface area contributed by atoms with Gasteiger partial charge in [0.15, 0.2) is 0 Å². The highest BCUT2D eigenvalue weighted by Crippen LogP contribution is 2.37. The number of nitrogens with two attached hydrogens (primary N) is 2. The Kier molecular flexibility index (Phi) is 2.51. The predicted octanol–water partition coefficient (Wildman–Crippen LogP) is 1.18. The molecule has 72 valence electrons. The Morgan fingerprint density at radius 3 is 1.69 bits per heavy atom. The molecule has 4 N–H and O–H groups in total. The summed E-state index contributed by atoms with van der Waals surface area (Å²) in [5.74, 6) is 1.23. The fourth-order valence-electron chi connectivity index (χ4n) is 1.38. The second-order valence-corrected chi connectivity index (χ2v) is 2.75. The molecule has 0 aliphatic rings. The minimum Gasteiger partial charge on any atom is -0.494 e. The Balaban J connectivity index is 3.39. The maximum Gasteiger partial charge on any atom is 0.148 e. The largest absolute Gasteiger partial charge is 0.494 e. The van der Waals surface area contributed by atoms with Gasteiger partial charge in [0.05, 0.1) is 25.6 Å². The number of benzene rings is 1. The van der Waals surface area contributed by atoms with Crippen molar-refractivity contribution in [3.63, 3.8) is 0 Å². The first-order valence-electron chi connectivity index (χ1n) is 3.88. The molecular formula is C9H14N2O2. The molecule has 0 aliphatic carbocycles. The van der Waals surface area contributed by atoms with Gasteiger partial charge < -0.3 is 20.9 Å². The predicted molar refractivity (Wildman–Crippen MR) is 53.1 cm³/mol. The Hall–Kier alpha value is -1.58. The van der Waals surface area contributed by atoms with Gasteiger partial charge in [0.1, 0.15) is 11.5 Å². The van der Waals surface area contributed by atoms with Crippen molar-refractivity contribution >= 4 is 11.4 Å². The second kappa shape index (κ2) is 3.43. The lowest BCUT2D eigenvalue weighted by Gasteiger charge is -2.13. The van der Waals surface area contributed by atoms with Crippen molar-refractivity contribution in [2.24, 2.45) is 0 Å². The van der Waals surface area contributed by atoms with Crippen LogP contribution in [-0.4, -0.2) is 14.2 Å². The summed E-state index contributed by atoms with van der Waals surface area (Å²) in [6.45, 7) is 1.85. The van der Waals surface area contributed by atoms with Gasteiger partial charge in [-0.15, -0.1) is 0 Å². The van der Waals surface area contributed by atoms with E-state index in [1.54, 1.807) is 20.3 Å². The zero-order chi connectivity index (χ0) is 10.0. The smallest absolute Gasteiger partial charge is 0.148 e. The van der Waals surface area contributed by atoms with E-state index in [0.717, 1.165) is 5.56 Å². The molecule has 0 saturated heterocycles. The number of rotatable bonds is 2. The normalized spacial score (nSPS) is 9.77. The maximum atomic E-state index is 5.70. The van der Waals surface area contributed by atoms with Crippen LogP contribution in [0.3, 0.4) is 0 Å². The summed E-state index contributed by atoms with van der Waals surface area (Å²) in [7, 11) is 3.13. The van der Waals surface area contributed by atoms with Crippen LogP contribution in [0.4, 0.5) is 11.4 Å². The lowest BCUT2D eigenvalue weighted by atomic mass is 10.1. The van der Waals surface area contributed by atoms with E-state index < -0.39 is 0 Å². The van der Waals surface area contributed by atoms with E-state index in [9.17, 15) is 0 Å². The molecule has 0 heterocycles. The van der Waals surface area contributed by atoms with E-state index >= 15 is 0 Å². The molecule has 0 spiro atoms. The molecule has 0 radical (unpaired) electrons. The number of hydrogen-bond donors (Lipinski definition) is 2. The van der Waals surface area contributed by atoms with Crippen LogP contribution in [0.1, 0.15) is 5.56 Å². The topological polar surface area (TPSA) is 70.5 Å². The Morgan fingerprint density at radius 2 is 1.38 bits per heavy atom. The van der Waals surface area contributed by atoms with E-state index in [0.29, 0.717) is 22.9 Å². The van der Waals surface area contributed by atoms with Gasteiger partial charge in [0.2, 0.25) is 0 Å². The zero-order valence-electron chi connectivity index (χ0n) is 8.05. The minimum atomic E-state index is 0.526. The van der Waals surface area contributed by atoms with Crippen molar-refractivity contribution in [2.75, 3.05) is 25.7 Å². The first kappa shape index (κ1) is 9.51. The van der Waals surface area contributed by atoms with Crippen LogP contribution in [0.15, 0.2) is 6.07 Å². The molecular weight excluding hydrogens is 168 g/mol. The van der Waals surface area contributed by atoms with Gasteiger partial charge in [-0.2, -0.15) is 0 Å². The molecule has 0 aliphatic heterocycles. The minimum absolute atomic E-state index is 0.526. The fraction of sp³-hybridized carbons (Fsp3) is 0.333. The number of hydrogen-bond acceptors (Lipinski definition) is 4. The lowest BCUT2D eigenvalue weighted by Crippen LogP contribution is -2.01. The summed E-state index contributed by atoms with van der Waals surface area (Å²) < 4.78 is 10.2. The van der Waals surface area contributed by atoms with E-state index in [-0.39, 0.29) is 0 Å². The third-order valence-electron chi connectivity index (χ3n) is 1.92. The molecule has 0 amide bonds. The molecule has 0 unspecified atom stereocenters. The summed E-state index contributed by atoms with van der Waals surface area (Å²) >= 11 is 0. The van der Waals surface area contributed by atoms with Crippen LogP contribution in [0.5, 0.6) is 11.5 Å². The second-order valence-electron chi connectivity index (χ2n) is 2.75. The molecule has 1 aromatic carbocycles. The van der Waals surface area contributed by atoms with Crippen LogP contribution in [0, 0.1) is 6.92 Å². The van der Waals surface area contributed by atoms with Crippen molar-refractivity contribution in [1.82, 2.24) is 0 Å². The third kappa shape index (κ3) is 1.47. The van der Waals surface area contributed by atoms with Gasteiger partial charge in [0, 0.05) is 5.56 Å². The van der Waals surface area contributed by atoms with Crippen molar-refractivity contribution in [3.8, 4) is 11.5 Å². The number of anilines is 2. The Morgan fingerprint density at radius 1 is 1.00 bits per heavy atom. The molecule has 0 bridgehead atoms. The van der Waals surface area contributed by atoms with Gasteiger partial charge in [-0.3, -0.25) is 0 Å². The summed E-state index contributed by atoms with van der Waals surface area (Å²) in [6, 6.07) is 1.63. The molecule has 1 aromatic rings. The van der Waals surface area contributed by atoms with Crippen LogP contribution in [0.25, 0.3) is 0 Å². The highest BCUT2D eigenvalue weighted by molar-refractivity contribution is 5.72. The fourth-order valence-corrected chi connectivity index (χ4v) is 1.38. The first-order valence-corrected chi connectivity index (χ1v) is 3.88. The van der Waals surface area contributed by atoms with Crippen molar-refractivity contribution in [3.05, 3.63) is 11.6 Å². The molecule has 0 aromatic heterocycles. The average molecular weight is 182 g/mol. The van der Waals surface area contributed by atoms with E-state index in [2.05, 4.69) is 0 Å². The van der Waals surface area contributed by atoms with Gasteiger partial charge >= 0.3 is 0 Å². The third-order valence-corrected chi connectivity index (χ3v) is 1.92. The van der Waals surface area contributed by atoms with Gasteiger partial charge in [-0.25, -0.2) is 0 Å². The molecule has 0 atom stereocenters. The quantitative estimate of drug-likeness (QED) is 0.674. The van der Waals surface area contributed by atoms with Crippen LogP contribution < -0.4 is 20.9 Å². The lowest BCUT2D eigenvalue weighted by molar-refractivity contribution is 0.391. The zero-order valence-corrected chi connectivity index (χ0v) is 8.05. The standard InChI is InChI=1S/C9H14N2O2/c1-5-8(12-2)6(10)4-7(11)9(5)13-3/h4H,10-11H2,1-3H3. The number of nitrogen functional groups attached to an aromatic ring is 2. The SMILES string of the molecule is COc1c(N)cc(N)c(OC)c1C. The van der Waals surface area contributed by atoms with E-state index in [4.69, 9.17) is 20.9 Å². The van der Waals surface area contributed by atoms with Crippen molar-refractivity contribution in [1.29, 1.82) is 0 Å².